The van der Waals surface area contributed by atoms with Crippen LogP contribution in [0.4, 0.5) is 8.78 Å². The molecule has 134 valence electrons. The lowest BCUT2D eigenvalue weighted by atomic mass is 10.1. The zero-order valence-electron chi connectivity index (χ0n) is 13.1. The zero-order chi connectivity index (χ0) is 18.0. The molecule has 2 aromatic rings. The molecule has 0 saturated carbocycles. The van der Waals surface area contributed by atoms with E-state index in [1.54, 1.807) is 17.0 Å². The maximum absolute atomic E-state index is 13.2. The van der Waals surface area contributed by atoms with Crippen molar-refractivity contribution in [2.45, 2.75) is 23.8 Å². The fourth-order valence-electron chi connectivity index (χ4n) is 2.73. The molecule has 0 atom stereocenters. The lowest BCUT2D eigenvalue weighted by Crippen LogP contribution is -2.46. The van der Waals surface area contributed by atoms with Gasteiger partial charge < -0.3 is 9.32 Å². The van der Waals surface area contributed by atoms with Crippen LogP contribution in [0.5, 0.6) is 0 Å². The van der Waals surface area contributed by atoms with Crippen LogP contribution in [-0.2, 0) is 10.0 Å². The Labute approximate surface area is 143 Å². The first kappa shape index (κ1) is 17.6. The number of piperidine rings is 1. The highest BCUT2D eigenvalue weighted by Gasteiger charge is 2.28. The lowest BCUT2D eigenvalue weighted by molar-refractivity contribution is 0.0679. The molecule has 0 unspecified atom stereocenters. The maximum atomic E-state index is 13.2. The third-order valence-electron chi connectivity index (χ3n) is 3.98. The number of nitrogens with zero attached hydrogens (tertiary/aromatic N) is 1. The summed E-state index contributed by atoms with van der Waals surface area (Å²) in [5, 5.41) is 0. The molecule has 1 amide bonds. The van der Waals surface area contributed by atoms with Gasteiger partial charge in [-0.15, -0.1) is 0 Å². The predicted octanol–water partition coefficient (Wildman–Crippen LogP) is 2.14. The molecule has 1 saturated heterocycles. The molecule has 0 radical (unpaired) electrons. The van der Waals surface area contributed by atoms with E-state index in [1.165, 1.54) is 6.26 Å². The predicted molar refractivity (Wildman–Crippen MR) is 84.3 cm³/mol. The number of rotatable bonds is 4. The van der Waals surface area contributed by atoms with Crippen molar-refractivity contribution in [3.63, 3.8) is 0 Å². The van der Waals surface area contributed by atoms with Crippen LogP contribution in [0.25, 0.3) is 0 Å². The number of hydrogen-bond donors (Lipinski definition) is 1. The molecular weight excluding hydrogens is 354 g/mol. The summed E-state index contributed by atoms with van der Waals surface area (Å²) < 4.78 is 58.5. The van der Waals surface area contributed by atoms with Crippen LogP contribution in [0.15, 0.2) is 45.9 Å². The molecule has 2 heterocycles. The van der Waals surface area contributed by atoms with E-state index >= 15 is 0 Å². The number of carbonyl (C=O) groups excluding carboxylic acids is 1. The van der Waals surface area contributed by atoms with Gasteiger partial charge in [0.2, 0.25) is 10.0 Å². The van der Waals surface area contributed by atoms with Crippen LogP contribution >= 0.6 is 0 Å². The van der Waals surface area contributed by atoms with Gasteiger partial charge in [-0.25, -0.2) is 21.9 Å². The van der Waals surface area contributed by atoms with Gasteiger partial charge in [-0.3, -0.25) is 4.79 Å². The van der Waals surface area contributed by atoms with Crippen LogP contribution in [-0.4, -0.2) is 38.4 Å². The number of carbonyl (C=O) groups is 1. The molecule has 9 heteroatoms. The fraction of sp³-hybridized carbons (Fsp3) is 0.312. The summed E-state index contributed by atoms with van der Waals surface area (Å²) in [6, 6.07) is 4.90. The fourth-order valence-corrected chi connectivity index (χ4v) is 4.07. The van der Waals surface area contributed by atoms with Crippen molar-refractivity contribution in [1.29, 1.82) is 0 Å². The smallest absolute Gasteiger partial charge is 0.289 e. The first-order valence-electron chi connectivity index (χ1n) is 7.66. The Bertz CT molecular complexity index is 840. The van der Waals surface area contributed by atoms with Crippen molar-refractivity contribution in [2.75, 3.05) is 13.1 Å². The van der Waals surface area contributed by atoms with E-state index in [2.05, 4.69) is 4.72 Å². The van der Waals surface area contributed by atoms with Gasteiger partial charge in [0.1, 0.15) is 11.6 Å². The number of likely N-dealkylation sites (tertiary alicyclic amines) is 1. The number of halogens is 2. The van der Waals surface area contributed by atoms with Crippen LogP contribution in [0, 0.1) is 11.6 Å². The van der Waals surface area contributed by atoms with E-state index in [0.717, 1.165) is 12.1 Å². The van der Waals surface area contributed by atoms with Gasteiger partial charge in [0.15, 0.2) is 5.76 Å². The van der Waals surface area contributed by atoms with Crippen molar-refractivity contribution in [2.24, 2.45) is 0 Å². The summed E-state index contributed by atoms with van der Waals surface area (Å²) >= 11 is 0. The van der Waals surface area contributed by atoms with Gasteiger partial charge in [0.25, 0.3) is 5.91 Å². The van der Waals surface area contributed by atoms with Crippen molar-refractivity contribution < 1.29 is 26.4 Å². The molecular formula is C16H16F2N2O4S. The Morgan fingerprint density at radius 2 is 1.80 bits per heavy atom. The number of benzene rings is 1. The Balaban J connectivity index is 1.62. The van der Waals surface area contributed by atoms with Crippen molar-refractivity contribution in [3.8, 4) is 0 Å². The average Bonchev–Trinajstić information content (AvgIpc) is 3.08. The highest BCUT2D eigenvalue weighted by Crippen LogP contribution is 2.18. The summed E-state index contributed by atoms with van der Waals surface area (Å²) in [7, 11) is -4.04. The quantitative estimate of drug-likeness (QED) is 0.894. The Morgan fingerprint density at radius 1 is 1.16 bits per heavy atom. The molecule has 1 aliphatic rings. The van der Waals surface area contributed by atoms with Crippen LogP contribution in [0.3, 0.4) is 0 Å². The van der Waals surface area contributed by atoms with E-state index in [4.69, 9.17) is 4.42 Å². The highest BCUT2D eigenvalue weighted by atomic mass is 32.2. The van der Waals surface area contributed by atoms with Crippen molar-refractivity contribution in [1.82, 2.24) is 9.62 Å². The molecule has 6 nitrogen and oxygen atoms in total. The zero-order valence-corrected chi connectivity index (χ0v) is 13.9. The van der Waals surface area contributed by atoms with Gasteiger partial charge >= 0.3 is 0 Å². The standard InChI is InChI=1S/C16H16F2N2O4S/c17-11-8-12(18)10-14(9-11)25(22,23)19-13-3-5-20(6-4-13)16(21)15-2-1-7-24-15/h1-2,7-10,13,19H,3-6H2. The van der Waals surface area contributed by atoms with Gasteiger partial charge in [-0.05, 0) is 37.1 Å². The summed E-state index contributed by atoms with van der Waals surface area (Å²) in [5.74, 6) is -1.94. The second-order valence-corrected chi connectivity index (χ2v) is 7.48. The molecule has 1 fully saturated rings. The molecule has 1 N–H and O–H groups in total. The minimum atomic E-state index is -4.04. The second-order valence-electron chi connectivity index (χ2n) is 5.77. The number of hydrogen-bond acceptors (Lipinski definition) is 4. The number of furan rings is 1. The third kappa shape index (κ3) is 4.05. The van der Waals surface area contributed by atoms with E-state index in [0.29, 0.717) is 32.0 Å². The van der Waals surface area contributed by atoms with Crippen LogP contribution < -0.4 is 4.72 Å². The summed E-state index contributed by atoms with van der Waals surface area (Å²) in [5.41, 5.74) is 0. The summed E-state index contributed by atoms with van der Waals surface area (Å²) in [6.07, 6.45) is 2.19. The lowest BCUT2D eigenvalue weighted by Gasteiger charge is -2.31. The van der Waals surface area contributed by atoms with E-state index < -0.39 is 32.6 Å². The van der Waals surface area contributed by atoms with Crippen molar-refractivity contribution in [3.05, 3.63) is 54.0 Å². The molecule has 0 bridgehead atoms. The number of amides is 1. The molecule has 1 aliphatic heterocycles. The molecule has 0 aliphatic carbocycles. The van der Waals surface area contributed by atoms with Gasteiger partial charge in [0.05, 0.1) is 11.2 Å². The molecule has 25 heavy (non-hydrogen) atoms. The van der Waals surface area contributed by atoms with Gasteiger partial charge in [-0.1, -0.05) is 0 Å². The molecule has 1 aromatic heterocycles. The van der Waals surface area contributed by atoms with E-state index in [-0.39, 0.29) is 11.7 Å². The van der Waals surface area contributed by atoms with Gasteiger partial charge in [-0.2, -0.15) is 0 Å². The Kier molecular flexibility index (Phi) is 4.87. The van der Waals surface area contributed by atoms with E-state index in [9.17, 15) is 22.0 Å². The summed E-state index contributed by atoms with van der Waals surface area (Å²) in [6.45, 7) is 0.703. The first-order valence-corrected chi connectivity index (χ1v) is 9.15. The Hall–Kier alpha value is -2.26. The SMILES string of the molecule is O=C(c1ccco1)N1CCC(NS(=O)(=O)c2cc(F)cc(F)c2)CC1. The van der Waals surface area contributed by atoms with E-state index in [1.807, 2.05) is 0 Å². The normalized spacial score (nSPS) is 16.2. The van der Waals surface area contributed by atoms with Crippen LogP contribution in [0.2, 0.25) is 0 Å². The monoisotopic (exact) mass is 370 g/mol. The highest BCUT2D eigenvalue weighted by molar-refractivity contribution is 7.89. The first-order chi connectivity index (χ1) is 11.8. The second kappa shape index (κ2) is 6.93. The number of nitrogens with one attached hydrogen (secondary N) is 1. The largest absolute Gasteiger partial charge is 0.459 e. The third-order valence-corrected chi connectivity index (χ3v) is 5.48. The molecule has 0 spiro atoms. The molecule has 1 aromatic carbocycles. The topological polar surface area (TPSA) is 79.6 Å². The summed E-state index contributed by atoms with van der Waals surface area (Å²) in [4.78, 5) is 13.3. The minimum Gasteiger partial charge on any atom is -0.459 e. The molecule has 3 rings (SSSR count). The maximum Gasteiger partial charge on any atom is 0.289 e. The van der Waals surface area contributed by atoms with Crippen molar-refractivity contribution >= 4 is 15.9 Å². The van der Waals surface area contributed by atoms with Crippen LogP contribution in [0.1, 0.15) is 23.4 Å². The average molecular weight is 370 g/mol. The Morgan fingerprint density at radius 3 is 2.36 bits per heavy atom. The van der Waals surface area contributed by atoms with Gasteiger partial charge in [0, 0.05) is 25.2 Å². The minimum absolute atomic E-state index is 0.231. The number of sulfonamides is 1.